The van der Waals surface area contributed by atoms with E-state index in [-0.39, 0.29) is 10.9 Å². The fourth-order valence-electron chi connectivity index (χ4n) is 3.86. The van der Waals surface area contributed by atoms with E-state index in [9.17, 15) is 13.2 Å². The molecule has 0 saturated carbocycles. The SMILES string of the molecule is CSc1sccc1S(=O)(=O)c1cccc(-c2c(C)cccc2NC(=O)NCCc2ccccc2)c1. The van der Waals surface area contributed by atoms with E-state index in [0.29, 0.717) is 17.1 Å². The summed E-state index contributed by atoms with van der Waals surface area (Å²) in [6, 6.07) is 23.8. The van der Waals surface area contributed by atoms with E-state index < -0.39 is 9.84 Å². The molecule has 0 aliphatic heterocycles. The van der Waals surface area contributed by atoms with Crippen LogP contribution in [0, 0.1) is 6.92 Å². The first-order valence-electron chi connectivity index (χ1n) is 11.1. The fraction of sp³-hybridized carbons (Fsp3) is 0.148. The van der Waals surface area contributed by atoms with Crippen LogP contribution in [0.3, 0.4) is 0 Å². The van der Waals surface area contributed by atoms with Crippen molar-refractivity contribution in [1.82, 2.24) is 5.32 Å². The molecule has 8 heteroatoms. The Balaban J connectivity index is 1.58. The molecule has 0 aliphatic carbocycles. The zero-order chi connectivity index (χ0) is 24.8. The normalized spacial score (nSPS) is 11.3. The number of sulfone groups is 1. The van der Waals surface area contributed by atoms with Gasteiger partial charge < -0.3 is 10.6 Å². The van der Waals surface area contributed by atoms with E-state index in [1.165, 1.54) is 23.1 Å². The standard InChI is InChI=1S/C27H26N2O3S3/c1-19-8-6-13-23(29-27(30)28-16-14-20-9-4-3-5-10-20)25(19)21-11-7-12-22(18-21)35(31,32)24-15-17-34-26(24)33-2/h3-13,15,17-18H,14,16H2,1-2H3,(H2,28,29,30). The third-order valence-corrected chi connectivity index (χ3v) is 9.70. The summed E-state index contributed by atoms with van der Waals surface area (Å²) in [5, 5.41) is 7.63. The van der Waals surface area contributed by atoms with Gasteiger partial charge in [-0.3, -0.25) is 0 Å². The summed E-state index contributed by atoms with van der Waals surface area (Å²) in [6.07, 6.45) is 2.60. The van der Waals surface area contributed by atoms with Crippen LogP contribution < -0.4 is 10.6 Å². The highest BCUT2D eigenvalue weighted by atomic mass is 32.2. The molecule has 1 aromatic heterocycles. The van der Waals surface area contributed by atoms with Gasteiger partial charge in [0, 0.05) is 12.1 Å². The molecule has 0 radical (unpaired) electrons. The Morgan fingerprint density at radius 1 is 0.971 bits per heavy atom. The lowest BCUT2D eigenvalue weighted by Gasteiger charge is -2.16. The number of thioether (sulfide) groups is 1. The summed E-state index contributed by atoms with van der Waals surface area (Å²) in [7, 11) is -3.67. The Bertz CT molecular complexity index is 1430. The van der Waals surface area contributed by atoms with Crippen LogP contribution in [-0.4, -0.2) is 27.2 Å². The van der Waals surface area contributed by atoms with Crippen LogP contribution in [0.2, 0.25) is 0 Å². The second kappa shape index (κ2) is 11.1. The summed E-state index contributed by atoms with van der Waals surface area (Å²) >= 11 is 2.84. The minimum Gasteiger partial charge on any atom is -0.338 e. The van der Waals surface area contributed by atoms with Crippen LogP contribution in [0.5, 0.6) is 0 Å². The lowest BCUT2D eigenvalue weighted by atomic mass is 9.98. The quantitative estimate of drug-likeness (QED) is 0.254. The van der Waals surface area contributed by atoms with Gasteiger partial charge >= 0.3 is 6.03 Å². The highest BCUT2D eigenvalue weighted by molar-refractivity contribution is 8.01. The topological polar surface area (TPSA) is 75.3 Å². The van der Waals surface area contributed by atoms with Crippen molar-refractivity contribution in [3.63, 3.8) is 0 Å². The smallest absolute Gasteiger partial charge is 0.319 e. The number of benzene rings is 3. The monoisotopic (exact) mass is 522 g/mol. The Morgan fingerprint density at radius 2 is 1.74 bits per heavy atom. The van der Waals surface area contributed by atoms with Crippen molar-refractivity contribution >= 4 is 44.7 Å². The van der Waals surface area contributed by atoms with Crippen LogP contribution in [0.1, 0.15) is 11.1 Å². The summed E-state index contributed by atoms with van der Waals surface area (Å²) < 4.78 is 27.5. The molecule has 0 aliphatic rings. The summed E-state index contributed by atoms with van der Waals surface area (Å²) in [6.45, 7) is 2.45. The molecule has 0 bridgehead atoms. The van der Waals surface area contributed by atoms with E-state index in [1.54, 1.807) is 29.6 Å². The van der Waals surface area contributed by atoms with E-state index >= 15 is 0 Å². The molecule has 2 N–H and O–H groups in total. The van der Waals surface area contributed by atoms with Gasteiger partial charge in [0.1, 0.15) is 0 Å². The minimum atomic E-state index is -3.67. The fourth-order valence-corrected chi connectivity index (χ4v) is 7.60. The van der Waals surface area contributed by atoms with Gasteiger partial charge in [0.2, 0.25) is 9.84 Å². The zero-order valence-corrected chi connectivity index (χ0v) is 21.9. The molecule has 0 unspecified atom stereocenters. The Morgan fingerprint density at radius 3 is 2.51 bits per heavy atom. The summed E-state index contributed by atoms with van der Waals surface area (Å²) in [4.78, 5) is 13.2. The zero-order valence-electron chi connectivity index (χ0n) is 19.4. The number of hydrogen-bond donors (Lipinski definition) is 2. The molecule has 4 rings (SSSR count). The number of carbonyl (C=O) groups is 1. The second-order valence-corrected chi connectivity index (χ2v) is 11.8. The van der Waals surface area contributed by atoms with Crippen LogP contribution >= 0.6 is 23.1 Å². The number of carbonyl (C=O) groups excluding carboxylic acids is 1. The predicted molar refractivity (Wildman–Crippen MR) is 145 cm³/mol. The number of aryl methyl sites for hydroxylation is 1. The van der Waals surface area contributed by atoms with Crippen LogP contribution in [0.4, 0.5) is 10.5 Å². The van der Waals surface area contributed by atoms with Gasteiger partial charge in [0.25, 0.3) is 0 Å². The van der Waals surface area contributed by atoms with Gasteiger partial charge in [0.15, 0.2) is 0 Å². The van der Waals surface area contributed by atoms with Gasteiger partial charge in [-0.1, -0.05) is 54.6 Å². The molecule has 180 valence electrons. The largest absolute Gasteiger partial charge is 0.338 e. The number of nitrogens with one attached hydrogen (secondary N) is 2. The molecule has 4 aromatic rings. The number of rotatable bonds is 8. The third kappa shape index (κ3) is 5.78. The van der Waals surface area contributed by atoms with Crippen molar-refractivity contribution < 1.29 is 13.2 Å². The summed E-state index contributed by atoms with van der Waals surface area (Å²) in [5.41, 5.74) is 4.22. The molecule has 5 nitrogen and oxygen atoms in total. The summed E-state index contributed by atoms with van der Waals surface area (Å²) in [5.74, 6) is 0. The number of amides is 2. The van der Waals surface area contributed by atoms with Crippen LogP contribution in [0.15, 0.2) is 98.2 Å². The van der Waals surface area contributed by atoms with Crippen LogP contribution in [-0.2, 0) is 16.3 Å². The Hall–Kier alpha value is -3.07. The second-order valence-electron chi connectivity index (χ2n) is 7.92. The van der Waals surface area contributed by atoms with Gasteiger partial charge in [0.05, 0.1) is 19.7 Å². The van der Waals surface area contributed by atoms with Crippen molar-refractivity contribution in [2.45, 2.75) is 27.3 Å². The van der Waals surface area contributed by atoms with Gasteiger partial charge in [-0.05, 0) is 65.9 Å². The highest BCUT2D eigenvalue weighted by Gasteiger charge is 2.23. The van der Waals surface area contributed by atoms with E-state index in [0.717, 1.165) is 32.9 Å². The van der Waals surface area contributed by atoms with E-state index in [2.05, 4.69) is 10.6 Å². The minimum absolute atomic E-state index is 0.227. The van der Waals surface area contributed by atoms with Gasteiger partial charge in [-0.15, -0.1) is 23.1 Å². The number of urea groups is 1. The van der Waals surface area contributed by atoms with Gasteiger partial charge in [-0.2, -0.15) is 0 Å². The molecule has 3 aromatic carbocycles. The van der Waals surface area contributed by atoms with Gasteiger partial charge in [-0.25, -0.2) is 13.2 Å². The van der Waals surface area contributed by atoms with E-state index in [1.807, 2.05) is 67.8 Å². The lowest BCUT2D eigenvalue weighted by molar-refractivity contribution is 0.252. The maximum absolute atomic E-state index is 13.4. The van der Waals surface area contributed by atoms with Crippen molar-refractivity contribution in [3.05, 3.63) is 95.4 Å². The Labute approximate surface area is 214 Å². The molecule has 1 heterocycles. The molecular formula is C27H26N2O3S3. The molecule has 35 heavy (non-hydrogen) atoms. The van der Waals surface area contributed by atoms with E-state index in [4.69, 9.17) is 0 Å². The maximum Gasteiger partial charge on any atom is 0.319 e. The number of hydrogen-bond acceptors (Lipinski definition) is 5. The molecule has 0 saturated heterocycles. The molecule has 2 amide bonds. The average molecular weight is 523 g/mol. The highest BCUT2D eigenvalue weighted by Crippen LogP contribution is 2.37. The molecule has 0 atom stereocenters. The van der Waals surface area contributed by atoms with Crippen LogP contribution in [0.25, 0.3) is 11.1 Å². The van der Waals surface area contributed by atoms with Crippen molar-refractivity contribution in [2.24, 2.45) is 0 Å². The predicted octanol–water partition coefficient (Wildman–Crippen LogP) is 6.64. The number of anilines is 1. The molecule has 0 spiro atoms. The molecular weight excluding hydrogens is 497 g/mol. The first-order valence-corrected chi connectivity index (χ1v) is 14.6. The maximum atomic E-state index is 13.4. The first kappa shape index (κ1) is 25.0. The number of thiophene rings is 1. The van der Waals surface area contributed by atoms with Crippen molar-refractivity contribution in [3.8, 4) is 11.1 Å². The molecule has 0 fully saturated rings. The third-order valence-electron chi connectivity index (χ3n) is 5.57. The van der Waals surface area contributed by atoms with Crippen molar-refractivity contribution in [2.75, 3.05) is 18.1 Å². The lowest BCUT2D eigenvalue weighted by Crippen LogP contribution is -2.30. The van der Waals surface area contributed by atoms with Crippen molar-refractivity contribution in [1.29, 1.82) is 0 Å². The first-order chi connectivity index (χ1) is 16.9. The Kier molecular flexibility index (Phi) is 7.95. The average Bonchev–Trinajstić information content (AvgIpc) is 3.35.